The van der Waals surface area contributed by atoms with Crippen LogP contribution >= 0.6 is 11.6 Å². The van der Waals surface area contributed by atoms with Gasteiger partial charge in [-0.1, -0.05) is 35.0 Å². The van der Waals surface area contributed by atoms with E-state index in [-0.39, 0.29) is 11.4 Å². The molecule has 0 amide bonds. The minimum absolute atomic E-state index is 0.227. The summed E-state index contributed by atoms with van der Waals surface area (Å²) in [6, 6.07) is 11.9. The Morgan fingerprint density at radius 1 is 1.20 bits per heavy atom. The molecule has 6 heteroatoms. The summed E-state index contributed by atoms with van der Waals surface area (Å²) in [6.45, 7) is 0. The normalized spacial score (nSPS) is 10.7. The number of rotatable bonds is 2. The Hall–Kier alpha value is -2.53. The molecule has 0 aliphatic carbocycles. The molecule has 20 heavy (non-hydrogen) atoms. The van der Waals surface area contributed by atoms with E-state index < -0.39 is 0 Å². The van der Waals surface area contributed by atoms with Crippen LogP contribution in [0.1, 0.15) is 0 Å². The topological polar surface area (TPSA) is 84.9 Å². The van der Waals surface area contributed by atoms with Gasteiger partial charge in [0.2, 0.25) is 5.56 Å². The molecule has 0 saturated carbocycles. The smallest absolute Gasteiger partial charge is 0.248 e. The van der Waals surface area contributed by atoms with E-state index in [9.17, 15) is 4.79 Å². The first-order valence-electron chi connectivity index (χ1n) is 5.86. The zero-order valence-corrected chi connectivity index (χ0v) is 11.0. The average molecular weight is 288 g/mol. The highest BCUT2D eigenvalue weighted by Gasteiger charge is 2.18. The Kier molecular flexibility index (Phi) is 3.04. The summed E-state index contributed by atoms with van der Waals surface area (Å²) in [5.74, 6) is 0.648. The molecular formula is C14H10ClN3O2. The molecule has 3 N–H and O–H groups in total. The van der Waals surface area contributed by atoms with Gasteiger partial charge in [0.1, 0.15) is 0 Å². The van der Waals surface area contributed by atoms with E-state index in [1.807, 2.05) is 12.1 Å². The van der Waals surface area contributed by atoms with Crippen molar-refractivity contribution in [1.82, 2.24) is 10.1 Å². The lowest BCUT2D eigenvalue weighted by molar-refractivity contribution is 0.434. The van der Waals surface area contributed by atoms with Crippen LogP contribution in [-0.4, -0.2) is 10.1 Å². The molecule has 2 aromatic heterocycles. The predicted octanol–water partition coefficient (Wildman–Crippen LogP) is 2.93. The monoisotopic (exact) mass is 287 g/mol. The third-order valence-corrected chi connectivity index (χ3v) is 3.08. The van der Waals surface area contributed by atoms with E-state index in [1.54, 1.807) is 24.3 Å². The molecule has 0 aliphatic rings. The van der Waals surface area contributed by atoms with Gasteiger partial charge in [0.25, 0.3) is 0 Å². The molecular weight excluding hydrogens is 278 g/mol. The molecule has 100 valence electrons. The van der Waals surface area contributed by atoms with Crippen molar-refractivity contribution in [2.75, 3.05) is 5.73 Å². The SMILES string of the molecule is Nc1noc(-c2cccc(=O)[nH]2)c1-c1cccc(Cl)c1. The van der Waals surface area contributed by atoms with E-state index in [1.165, 1.54) is 6.07 Å². The zero-order chi connectivity index (χ0) is 14.1. The van der Waals surface area contributed by atoms with Crippen LogP contribution < -0.4 is 11.3 Å². The Bertz CT molecular complexity index is 823. The second-order valence-corrected chi connectivity index (χ2v) is 4.65. The number of anilines is 1. The number of benzene rings is 1. The summed E-state index contributed by atoms with van der Waals surface area (Å²) in [5.41, 5.74) is 7.52. The maximum atomic E-state index is 11.4. The van der Waals surface area contributed by atoms with Gasteiger partial charge >= 0.3 is 0 Å². The van der Waals surface area contributed by atoms with Crippen molar-refractivity contribution in [3.05, 3.63) is 57.8 Å². The Labute approximate surface area is 119 Å². The minimum atomic E-state index is -0.227. The number of hydrogen-bond acceptors (Lipinski definition) is 4. The van der Waals surface area contributed by atoms with Crippen molar-refractivity contribution >= 4 is 17.4 Å². The van der Waals surface area contributed by atoms with Crippen molar-refractivity contribution in [1.29, 1.82) is 0 Å². The lowest BCUT2D eigenvalue weighted by atomic mass is 10.0. The van der Waals surface area contributed by atoms with Crippen LogP contribution in [0, 0.1) is 0 Å². The highest BCUT2D eigenvalue weighted by Crippen LogP contribution is 2.36. The number of nitrogens with one attached hydrogen (secondary N) is 1. The molecule has 0 saturated heterocycles. The van der Waals surface area contributed by atoms with Crippen LogP contribution in [-0.2, 0) is 0 Å². The molecule has 3 aromatic rings. The number of hydrogen-bond donors (Lipinski definition) is 2. The van der Waals surface area contributed by atoms with Crippen molar-refractivity contribution in [2.45, 2.75) is 0 Å². The first kappa shape index (κ1) is 12.5. The highest BCUT2D eigenvalue weighted by atomic mass is 35.5. The number of pyridine rings is 1. The second kappa shape index (κ2) is 4.86. The fourth-order valence-corrected chi connectivity index (χ4v) is 2.18. The van der Waals surface area contributed by atoms with Crippen LogP contribution in [0.3, 0.4) is 0 Å². The van der Waals surface area contributed by atoms with Gasteiger partial charge in [0.15, 0.2) is 11.6 Å². The number of aromatic amines is 1. The van der Waals surface area contributed by atoms with Gasteiger partial charge in [0, 0.05) is 11.1 Å². The molecule has 3 rings (SSSR count). The first-order chi connectivity index (χ1) is 9.65. The zero-order valence-electron chi connectivity index (χ0n) is 10.3. The van der Waals surface area contributed by atoms with Crippen LogP contribution in [0.15, 0.2) is 51.8 Å². The molecule has 0 bridgehead atoms. The Morgan fingerprint density at radius 3 is 2.75 bits per heavy atom. The second-order valence-electron chi connectivity index (χ2n) is 4.21. The van der Waals surface area contributed by atoms with Crippen LogP contribution in [0.4, 0.5) is 5.82 Å². The first-order valence-corrected chi connectivity index (χ1v) is 6.24. The summed E-state index contributed by atoms with van der Waals surface area (Å²) in [6.07, 6.45) is 0. The van der Waals surface area contributed by atoms with E-state index in [4.69, 9.17) is 21.9 Å². The number of aromatic nitrogens is 2. The summed E-state index contributed by atoms with van der Waals surface area (Å²) >= 11 is 5.99. The Morgan fingerprint density at radius 2 is 2.00 bits per heavy atom. The van der Waals surface area contributed by atoms with Crippen LogP contribution in [0.25, 0.3) is 22.6 Å². The maximum absolute atomic E-state index is 11.4. The fraction of sp³-hybridized carbons (Fsp3) is 0. The minimum Gasteiger partial charge on any atom is -0.380 e. The lowest BCUT2D eigenvalue weighted by Crippen LogP contribution is -2.03. The van der Waals surface area contributed by atoms with Gasteiger partial charge in [0.05, 0.1) is 11.3 Å². The summed E-state index contributed by atoms with van der Waals surface area (Å²) in [5, 5.41) is 4.35. The van der Waals surface area contributed by atoms with E-state index in [0.29, 0.717) is 22.0 Å². The highest BCUT2D eigenvalue weighted by molar-refractivity contribution is 6.30. The van der Waals surface area contributed by atoms with Crippen molar-refractivity contribution in [3.8, 4) is 22.6 Å². The van der Waals surface area contributed by atoms with Gasteiger partial charge in [-0.25, -0.2) is 0 Å². The molecule has 1 aromatic carbocycles. The van der Waals surface area contributed by atoms with E-state index in [0.717, 1.165) is 5.56 Å². The third-order valence-electron chi connectivity index (χ3n) is 2.84. The molecule has 0 atom stereocenters. The summed E-state index contributed by atoms with van der Waals surface area (Å²) in [4.78, 5) is 14.1. The number of nitrogen functional groups attached to an aromatic ring is 1. The quantitative estimate of drug-likeness (QED) is 0.759. The standard InChI is InChI=1S/C14H10ClN3O2/c15-9-4-1-3-8(7-9)12-13(20-18-14(12)16)10-5-2-6-11(19)17-10/h1-7H,(H2,16,18)(H,17,19). The molecule has 0 aliphatic heterocycles. The average Bonchev–Trinajstić information content (AvgIpc) is 2.80. The molecule has 0 fully saturated rings. The Balaban J connectivity index is 2.22. The van der Waals surface area contributed by atoms with E-state index >= 15 is 0 Å². The summed E-state index contributed by atoms with van der Waals surface area (Å²) < 4.78 is 5.24. The van der Waals surface area contributed by atoms with Gasteiger partial charge in [-0.15, -0.1) is 0 Å². The van der Waals surface area contributed by atoms with Gasteiger partial charge in [-0.05, 0) is 23.8 Å². The fourth-order valence-electron chi connectivity index (χ4n) is 1.99. The number of nitrogens with zero attached hydrogens (tertiary/aromatic N) is 1. The number of halogens is 1. The van der Waals surface area contributed by atoms with E-state index in [2.05, 4.69) is 10.1 Å². The van der Waals surface area contributed by atoms with Crippen molar-refractivity contribution in [3.63, 3.8) is 0 Å². The van der Waals surface area contributed by atoms with Crippen LogP contribution in [0.5, 0.6) is 0 Å². The number of H-pyrrole nitrogens is 1. The van der Waals surface area contributed by atoms with Gasteiger partial charge < -0.3 is 15.2 Å². The number of nitrogens with two attached hydrogens (primary N) is 1. The van der Waals surface area contributed by atoms with Gasteiger partial charge in [-0.2, -0.15) is 0 Å². The van der Waals surface area contributed by atoms with Crippen molar-refractivity contribution < 1.29 is 4.52 Å². The van der Waals surface area contributed by atoms with Gasteiger partial charge in [-0.3, -0.25) is 4.79 Å². The molecule has 0 unspecified atom stereocenters. The molecule has 5 nitrogen and oxygen atoms in total. The molecule has 0 radical (unpaired) electrons. The van der Waals surface area contributed by atoms with Crippen molar-refractivity contribution in [2.24, 2.45) is 0 Å². The largest absolute Gasteiger partial charge is 0.380 e. The lowest BCUT2D eigenvalue weighted by Gasteiger charge is -2.03. The third kappa shape index (κ3) is 2.19. The predicted molar refractivity (Wildman–Crippen MR) is 77.4 cm³/mol. The maximum Gasteiger partial charge on any atom is 0.248 e. The molecule has 2 heterocycles. The summed E-state index contributed by atoms with van der Waals surface area (Å²) in [7, 11) is 0. The van der Waals surface area contributed by atoms with Crippen LogP contribution in [0.2, 0.25) is 5.02 Å². The molecule has 0 spiro atoms.